The molecule has 1 aliphatic rings. The average Bonchev–Trinajstić information content (AvgIpc) is 3.17. The summed E-state index contributed by atoms with van der Waals surface area (Å²) in [6.45, 7) is 1.45. The van der Waals surface area contributed by atoms with Crippen molar-refractivity contribution in [3.05, 3.63) is 41.7 Å². The van der Waals surface area contributed by atoms with Crippen LogP contribution in [-0.2, 0) is 20.2 Å². The molecule has 1 aromatic carbocycles. The Hall–Kier alpha value is -1.88. The van der Waals surface area contributed by atoms with Crippen LogP contribution in [0.3, 0.4) is 0 Å². The lowest BCUT2D eigenvalue weighted by Gasteiger charge is -2.05. The Kier molecular flexibility index (Phi) is 3.46. The highest BCUT2D eigenvalue weighted by atomic mass is 16.5. The van der Waals surface area contributed by atoms with Gasteiger partial charge in [-0.1, -0.05) is 24.3 Å². The maximum absolute atomic E-state index is 5.50. The van der Waals surface area contributed by atoms with Crippen molar-refractivity contribution in [3.8, 4) is 6.01 Å². The molecule has 1 aliphatic carbocycles. The van der Waals surface area contributed by atoms with Crippen molar-refractivity contribution < 1.29 is 4.74 Å². The van der Waals surface area contributed by atoms with Gasteiger partial charge in [0.2, 0.25) is 0 Å². The molecule has 0 bridgehead atoms. The van der Waals surface area contributed by atoms with Gasteiger partial charge in [-0.2, -0.15) is 4.98 Å². The van der Waals surface area contributed by atoms with Gasteiger partial charge in [0, 0.05) is 19.6 Å². The summed E-state index contributed by atoms with van der Waals surface area (Å²) in [5, 5.41) is 7.57. The summed E-state index contributed by atoms with van der Waals surface area (Å²) in [4.78, 5) is 4.02. The van der Waals surface area contributed by atoms with E-state index < -0.39 is 0 Å². The first kappa shape index (κ1) is 12.2. The molecule has 2 aromatic rings. The molecular formula is C14H18N4O. The topological polar surface area (TPSA) is 52.0 Å². The summed E-state index contributed by atoms with van der Waals surface area (Å²) in [5.41, 5.74) is 2.44. The number of ether oxygens (including phenoxy) is 1. The van der Waals surface area contributed by atoms with Gasteiger partial charge in [0.25, 0.3) is 0 Å². The Morgan fingerprint density at radius 2 is 2.00 bits per heavy atom. The van der Waals surface area contributed by atoms with Gasteiger partial charge in [-0.05, 0) is 24.0 Å². The van der Waals surface area contributed by atoms with Crippen LogP contribution in [0.15, 0.2) is 30.6 Å². The van der Waals surface area contributed by atoms with E-state index in [-0.39, 0.29) is 0 Å². The van der Waals surface area contributed by atoms with E-state index in [4.69, 9.17) is 4.74 Å². The van der Waals surface area contributed by atoms with Crippen molar-refractivity contribution in [2.24, 2.45) is 7.05 Å². The number of rotatable bonds is 6. The zero-order valence-corrected chi connectivity index (χ0v) is 11.0. The molecule has 0 atom stereocenters. The Bertz CT molecular complexity index is 531. The summed E-state index contributed by atoms with van der Waals surface area (Å²) in [7, 11) is 1.82. The summed E-state index contributed by atoms with van der Waals surface area (Å²) in [5.74, 6) is 0. The van der Waals surface area contributed by atoms with Crippen molar-refractivity contribution in [3.63, 3.8) is 0 Å². The number of hydrogen-bond donors (Lipinski definition) is 1. The van der Waals surface area contributed by atoms with E-state index in [1.807, 2.05) is 7.05 Å². The summed E-state index contributed by atoms with van der Waals surface area (Å²) < 4.78 is 7.13. The third kappa shape index (κ3) is 3.54. The number of nitrogens with zero attached hydrogens (tertiary/aromatic N) is 3. The Labute approximate surface area is 112 Å². The SMILES string of the molecule is Cn1cnc(OCc2ccc(CNC3CC3)cc2)n1. The van der Waals surface area contributed by atoms with Crippen LogP contribution in [0.5, 0.6) is 6.01 Å². The van der Waals surface area contributed by atoms with Crippen LogP contribution in [0.4, 0.5) is 0 Å². The molecule has 1 N–H and O–H groups in total. The molecule has 1 fully saturated rings. The second-order valence-electron chi connectivity index (χ2n) is 4.96. The molecule has 0 aliphatic heterocycles. The molecule has 1 saturated carbocycles. The predicted molar refractivity (Wildman–Crippen MR) is 71.6 cm³/mol. The molecule has 100 valence electrons. The monoisotopic (exact) mass is 258 g/mol. The molecule has 0 radical (unpaired) electrons. The van der Waals surface area contributed by atoms with Gasteiger partial charge in [-0.15, -0.1) is 5.10 Å². The normalized spacial score (nSPS) is 14.6. The second-order valence-corrected chi connectivity index (χ2v) is 4.96. The molecule has 3 rings (SSSR count). The van der Waals surface area contributed by atoms with Crippen LogP contribution in [0.2, 0.25) is 0 Å². The maximum atomic E-state index is 5.50. The molecule has 5 heteroatoms. The maximum Gasteiger partial charge on any atom is 0.335 e. The lowest BCUT2D eigenvalue weighted by Crippen LogP contribution is -2.15. The zero-order chi connectivity index (χ0) is 13.1. The molecular weight excluding hydrogens is 240 g/mol. The van der Waals surface area contributed by atoms with E-state index in [0.29, 0.717) is 12.6 Å². The van der Waals surface area contributed by atoms with Gasteiger partial charge < -0.3 is 10.1 Å². The zero-order valence-electron chi connectivity index (χ0n) is 11.0. The van der Waals surface area contributed by atoms with E-state index in [1.54, 1.807) is 11.0 Å². The highest BCUT2D eigenvalue weighted by Gasteiger charge is 2.19. The molecule has 0 spiro atoms. The van der Waals surface area contributed by atoms with Crippen LogP contribution < -0.4 is 10.1 Å². The minimum absolute atomic E-state index is 0.418. The molecule has 1 aromatic heterocycles. The number of aryl methyl sites for hydroxylation is 1. The number of benzene rings is 1. The highest BCUT2D eigenvalue weighted by Crippen LogP contribution is 2.19. The van der Waals surface area contributed by atoms with Crippen molar-refractivity contribution in [2.45, 2.75) is 32.0 Å². The van der Waals surface area contributed by atoms with Gasteiger partial charge in [0.05, 0.1) is 0 Å². The van der Waals surface area contributed by atoms with E-state index in [2.05, 4.69) is 39.7 Å². The first-order chi connectivity index (χ1) is 9.29. The molecule has 1 heterocycles. The number of aromatic nitrogens is 3. The van der Waals surface area contributed by atoms with Crippen molar-refractivity contribution in [1.29, 1.82) is 0 Å². The van der Waals surface area contributed by atoms with Crippen LogP contribution in [0.25, 0.3) is 0 Å². The highest BCUT2D eigenvalue weighted by molar-refractivity contribution is 5.22. The smallest absolute Gasteiger partial charge is 0.335 e. The average molecular weight is 258 g/mol. The molecule has 5 nitrogen and oxygen atoms in total. The van der Waals surface area contributed by atoms with E-state index in [0.717, 1.165) is 18.2 Å². The van der Waals surface area contributed by atoms with E-state index in [1.165, 1.54) is 18.4 Å². The minimum atomic E-state index is 0.418. The molecule has 0 amide bonds. The van der Waals surface area contributed by atoms with Gasteiger partial charge in [-0.3, -0.25) is 4.68 Å². The van der Waals surface area contributed by atoms with Gasteiger partial charge in [0.1, 0.15) is 12.9 Å². The quantitative estimate of drug-likeness (QED) is 0.856. The lowest BCUT2D eigenvalue weighted by atomic mass is 10.1. The first-order valence-electron chi connectivity index (χ1n) is 6.59. The van der Waals surface area contributed by atoms with Crippen molar-refractivity contribution in [2.75, 3.05) is 0 Å². The Morgan fingerprint density at radius 3 is 2.63 bits per heavy atom. The third-order valence-electron chi connectivity index (χ3n) is 3.14. The summed E-state index contributed by atoms with van der Waals surface area (Å²) in [6, 6.07) is 9.62. The Balaban J connectivity index is 1.50. The fourth-order valence-electron chi connectivity index (χ4n) is 1.84. The minimum Gasteiger partial charge on any atom is -0.458 e. The van der Waals surface area contributed by atoms with Crippen LogP contribution >= 0.6 is 0 Å². The number of nitrogens with one attached hydrogen (secondary N) is 1. The standard InChI is InChI=1S/C14H18N4O/c1-18-10-16-14(17-18)19-9-12-4-2-11(3-5-12)8-15-13-6-7-13/h2-5,10,13,15H,6-9H2,1H3. The summed E-state index contributed by atoms with van der Waals surface area (Å²) in [6.07, 6.45) is 4.27. The van der Waals surface area contributed by atoms with Gasteiger partial charge in [-0.25, -0.2) is 0 Å². The third-order valence-corrected chi connectivity index (χ3v) is 3.14. The molecule has 19 heavy (non-hydrogen) atoms. The van der Waals surface area contributed by atoms with E-state index >= 15 is 0 Å². The van der Waals surface area contributed by atoms with Crippen LogP contribution in [0, 0.1) is 0 Å². The first-order valence-corrected chi connectivity index (χ1v) is 6.59. The number of hydrogen-bond acceptors (Lipinski definition) is 4. The summed E-state index contributed by atoms with van der Waals surface area (Å²) >= 11 is 0. The lowest BCUT2D eigenvalue weighted by molar-refractivity contribution is 0.280. The molecule has 0 unspecified atom stereocenters. The van der Waals surface area contributed by atoms with Crippen molar-refractivity contribution in [1.82, 2.24) is 20.1 Å². The largest absolute Gasteiger partial charge is 0.458 e. The van der Waals surface area contributed by atoms with Gasteiger partial charge >= 0.3 is 6.01 Å². The fraction of sp³-hybridized carbons (Fsp3) is 0.429. The van der Waals surface area contributed by atoms with E-state index in [9.17, 15) is 0 Å². The fourth-order valence-corrected chi connectivity index (χ4v) is 1.84. The predicted octanol–water partition coefficient (Wildman–Crippen LogP) is 1.65. The van der Waals surface area contributed by atoms with Crippen LogP contribution in [0.1, 0.15) is 24.0 Å². The molecule has 0 saturated heterocycles. The van der Waals surface area contributed by atoms with Gasteiger partial charge in [0.15, 0.2) is 0 Å². The van der Waals surface area contributed by atoms with Crippen LogP contribution in [-0.4, -0.2) is 20.8 Å². The Morgan fingerprint density at radius 1 is 1.26 bits per heavy atom. The second kappa shape index (κ2) is 5.40. The van der Waals surface area contributed by atoms with Crippen molar-refractivity contribution >= 4 is 0 Å².